The number of carbonyl (C=O) groups is 1. The molecule has 3 N–H and O–H groups in total. The lowest BCUT2D eigenvalue weighted by Crippen LogP contribution is -2.35. The van der Waals surface area contributed by atoms with Gasteiger partial charge in [-0.3, -0.25) is 4.79 Å². The van der Waals surface area contributed by atoms with Crippen LogP contribution in [-0.4, -0.2) is 43.5 Å². The molecule has 6 heteroatoms. The quantitative estimate of drug-likeness (QED) is 0.691. The predicted molar refractivity (Wildman–Crippen MR) is 65.4 cm³/mol. The lowest BCUT2D eigenvalue weighted by Gasteiger charge is -2.14. The van der Waals surface area contributed by atoms with Crippen LogP contribution in [0, 0.1) is 0 Å². The van der Waals surface area contributed by atoms with E-state index in [-0.39, 0.29) is 23.7 Å². The molecule has 100 valence electrons. The Bertz CT molecular complexity index is 407. The van der Waals surface area contributed by atoms with Crippen molar-refractivity contribution >= 4 is 5.97 Å². The zero-order valence-corrected chi connectivity index (χ0v) is 10.6. The number of hydrogen-bond donors (Lipinski definition) is 3. The van der Waals surface area contributed by atoms with Gasteiger partial charge in [0.25, 0.3) is 0 Å². The van der Waals surface area contributed by atoms with Gasteiger partial charge in [0, 0.05) is 0 Å². The van der Waals surface area contributed by atoms with E-state index >= 15 is 0 Å². The van der Waals surface area contributed by atoms with Crippen molar-refractivity contribution in [1.82, 2.24) is 5.32 Å². The molecule has 0 heterocycles. The lowest BCUT2D eigenvalue weighted by atomic mass is 10.0. The molecule has 0 bridgehead atoms. The highest BCUT2D eigenvalue weighted by Gasteiger charge is 2.18. The van der Waals surface area contributed by atoms with Crippen LogP contribution >= 0.6 is 0 Å². The van der Waals surface area contributed by atoms with E-state index in [1.807, 2.05) is 0 Å². The first-order valence-corrected chi connectivity index (χ1v) is 5.37. The summed E-state index contributed by atoms with van der Waals surface area (Å²) in [7, 11) is 4.42. The van der Waals surface area contributed by atoms with Crippen LogP contribution < -0.4 is 14.8 Å². The largest absolute Gasteiger partial charge is 0.502 e. The zero-order valence-electron chi connectivity index (χ0n) is 10.6. The molecule has 18 heavy (non-hydrogen) atoms. The molecule has 6 nitrogen and oxygen atoms in total. The molecule has 1 rings (SSSR count). The summed E-state index contributed by atoms with van der Waals surface area (Å²) >= 11 is 0. The number of likely N-dealkylation sites (N-methyl/N-ethyl adjacent to an activating group) is 1. The van der Waals surface area contributed by atoms with E-state index in [4.69, 9.17) is 14.6 Å². The lowest BCUT2D eigenvalue weighted by molar-refractivity contribution is -0.139. The molecule has 0 aliphatic carbocycles. The number of benzene rings is 1. The van der Waals surface area contributed by atoms with Crippen LogP contribution in [0.4, 0.5) is 0 Å². The molecule has 1 aromatic carbocycles. The van der Waals surface area contributed by atoms with Crippen LogP contribution in [0.25, 0.3) is 0 Å². The Morgan fingerprint density at radius 1 is 1.33 bits per heavy atom. The van der Waals surface area contributed by atoms with Crippen LogP contribution in [0.15, 0.2) is 12.1 Å². The Labute approximate surface area is 105 Å². The number of aromatic hydroxyl groups is 1. The number of aliphatic carboxylic acids is 1. The first-order chi connectivity index (χ1) is 8.53. The molecule has 0 saturated carbocycles. The number of phenolic OH excluding ortho intramolecular Hbond substituents is 1. The SMILES string of the molecule is CNC(Cc1cc(OC)c(O)c(OC)c1)C(=O)O. The number of methoxy groups -OCH3 is 2. The Morgan fingerprint density at radius 3 is 2.17 bits per heavy atom. The Balaban J connectivity index is 3.06. The van der Waals surface area contributed by atoms with Crippen molar-refractivity contribution in [3.63, 3.8) is 0 Å². The molecule has 0 radical (unpaired) electrons. The minimum atomic E-state index is -0.941. The number of carboxylic acid groups (broad SMARTS) is 1. The summed E-state index contributed by atoms with van der Waals surface area (Å²) < 4.78 is 10.0. The highest BCUT2D eigenvalue weighted by atomic mass is 16.5. The molecule has 0 aromatic heterocycles. The maximum absolute atomic E-state index is 10.9. The van der Waals surface area contributed by atoms with Gasteiger partial charge in [-0.05, 0) is 31.2 Å². The van der Waals surface area contributed by atoms with Crippen molar-refractivity contribution in [1.29, 1.82) is 0 Å². The summed E-state index contributed by atoms with van der Waals surface area (Å²) in [5.74, 6) is -0.530. The maximum atomic E-state index is 10.9. The van der Waals surface area contributed by atoms with E-state index < -0.39 is 12.0 Å². The van der Waals surface area contributed by atoms with Gasteiger partial charge >= 0.3 is 5.97 Å². The summed E-state index contributed by atoms with van der Waals surface area (Å²) in [4.78, 5) is 10.9. The molecule has 0 aliphatic heterocycles. The van der Waals surface area contributed by atoms with E-state index in [1.165, 1.54) is 14.2 Å². The van der Waals surface area contributed by atoms with Crippen molar-refractivity contribution in [2.45, 2.75) is 12.5 Å². The molecular weight excluding hydrogens is 238 g/mol. The molecule has 0 saturated heterocycles. The van der Waals surface area contributed by atoms with E-state index in [0.29, 0.717) is 5.56 Å². The molecule has 0 spiro atoms. The highest BCUT2D eigenvalue weighted by Crippen LogP contribution is 2.37. The minimum Gasteiger partial charge on any atom is -0.502 e. The van der Waals surface area contributed by atoms with E-state index in [1.54, 1.807) is 19.2 Å². The van der Waals surface area contributed by atoms with Crippen molar-refractivity contribution < 1.29 is 24.5 Å². The fourth-order valence-corrected chi connectivity index (χ4v) is 1.61. The number of rotatable bonds is 6. The molecular formula is C12H17NO5. The fraction of sp³-hybridized carbons (Fsp3) is 0.417. The van der Waals surface area contributed by atoms with Crippen molar-refractivity contribution in [3.05, 3.63) is 17.7 Å². The van der Waals surface area contributed by atoms with Crippen LogP contribution in [-0.2, 0) is 11.2 Å². The van der Waals surface area contributed by atoms with Gasteiger partial charge in [0.2, 0.25) is 5.75 Å². The third-order valence-corrected chi connectivity index (χ3v) is 2.63. The van der Waals surface area contributed by atoms with Crippen molar-refractivity contribution in [2.24, 2.45) is 0 Å². The molecule has 0 amide bonds. The molecule has 0 fully saturated rings. The second kappa shape index (κ2) is 6.11. The summed E-state index contributed by atoms with van der Waals surface area (Å²) in [5, 5.41) is 21.4. The zero-order chi connectivity index (χ0) is 13.7. The van der Waals surface area contributed by atoms with Gasteiger partial charge in [-0.2, -0.15) is 0 Å². The van der Waals surface area contributed by atoms with Gasteiger partial charge in [0.1, 0.15) is 6.04 Å². The molecule has 1 aromatic rings. The van der Waals surface area contributed by atoms with Gasteiger partial charge < -0.3 is 25.0 Å². The smallest absolute Gasteiger partial charge is 0.321 e. The summed E-state index contributed by atoms with van der Waals surface area (Å²) in [6.45, 7) is 0. The van der Waals surface area contributed by atoms with Gasteiger partial charge in [-0.15, -0.1) is 0 Å². The second-order valence-corrected chi connectivity index (χ2v) is 3.73. The highest BCUT2D eigenvalue weighted by molar-refractivity contribution is 5.74. The topological polar surface area (TPSA) is 88.0 Å². The van der Waals surface area contributed by atoms with E-state index in [2.05, 4.69) is 5.32 Å². The minimum absolute atomic E-state index is 0.0971. The first kappa shape index (κ1) is 14.1. The van der Waals surface area contributed by atoms with Crippen LogP contribution in [0.3, 0.4) is 0 Å². The monoisotopic (exact) mass is 255 g/mol. The van der Waals surface area contributed by atoms with Crippen molar-refractivity contribution in [2.75, 3.05) is 21.3 Å². The fourth-order valence-electron chi connectivity index (χ4n) is 1.61. The third-order valence-electron chi connectivity index (χ3n) is 2.63. The number of ether oxygens (including phenoxy) is 2. The molecule has 0 aliphatic rings. The Morgan fingerprint density at radius 2 is 1.83 bits per heavy atom. The number of nitrogens with one attached hydrogen (secondary N) is 1. The van der Waals surface area contributed by atoms with Crippen LogP contribution in [0.2, 0.25) is 0 Å². The maximum Gasteiger partial charge on any atom is 0.321 e. The average molecular weight is 255 g/mol. The molecule has 1 unspecified atom stereocenters. The Kier molecular flexibility index (Phi) is 4.79. The summed E-state index contributed by atoms with van der Waals surface area (Å²) in [6, 6.07) is 2.47. The van der Waals surface area contributed by atoms with Gasteiger partial charge in [0.15, 0.2) is 11.5 Å². The van der Waals surface area contributed by atoms with Gasteiger partial charge in [-0.1, -0.05) is 0 Å². The standard InChI is InChI=1S/C12H17NO5/c1-13-8(12(15)16)4-7-5-9(17-2)11(14)10(6-7)18-3/h5-6,8,13-14H,4H2,1-3H3,(H,15,16). The second-order valence-electron chi connectivity index (χ2n) is 3.73. The third kappa shape index (κ3) is 3.04. The number of phenols is 1. The summed E-state index contributed by atoms with van der Waals surface area (Å²) in [5.41, 5.74) is 0.697. The Hall–Kier alpha value is -1.95. The van der Waals surface area contributed by atoms with E-state index in [9.17, 15) is 9.90 Å². The number of carboxylic acids is 1. The summed E-state index contributed by atoms with van der Waals surface area (Å²) in [6.07, 6.45) is 0.263. The van der Waals surface area contributed by atoms with E-state index in [0.717, 1.165) is 0 Å². The number of hydrogen-bond acceptors (Lipinski definition) is 5. The van der Waals surface area contributed by atoms with Gasteiger partial charge in [-0.25, -0.2) is 0 Å². The van der Waals surface area contributed by atoms with Crippen LogP contribution in [0.1, 0.15) is 5.56 Å². The molecule has 1 atom stereocenters. The average Bonchev–Trinajstić information content (AvgIpc) is 2.36. The predicted octanol–water partition coefficient (Wildman–Crippen LogP) is 0.624. The normalized spacial score (nSPS) is 11.9. The van der Waals surface area contributed by atoms with Crippen LogP contribution in [0.5, 0.6) is 17.2 Å². The van der Waals surface area contributed by atoms with Crippen molar-refractivity contribution in [3.8, 4) is 17.2 Å². The van der Waals surface area contributed by atoms with Gasteiger partial charge in [0.05, 0.1) is 14.2 Å². The first-order valence-electron chi connectivity index (χ1n) is 5.37.